The smallest absolute Gasteiger partial charge is 0.408 e. The van der Waals surface area contributed by atoms with Gasteiger partial charge in [0.25, 0.3) is 11.8 Å². The topological polar surface area (TPSA) is 107 Å². The maximum absolute atomic E-state index is 14.7. The highest BCUT2D eigenvalue weighted by molar-refractivity contribution is 6.20. The average Bonchev–Trinajstić information content (AvgIpc) is 3.12. The summed E-state index contributed by atoms with van der Waals surface area (Å²) in [4.78, 5) is 56.5. The summed E-state index contributed by atoms with van der Waals surface area (Å²) in [6, 6.07) is 21.0. The number of benzene rings is 2. The quantitative estimate of drug-likeness (QED) is 0.357. The molecule has 0 saturated heterocycles. The van der Waals surface area contributed by atoms with E-state index in [-0.39, 0.29) is 5.91 Å². The summed E-state index contributed by atoms with van der Waals surface area (Å²) in [5.41, 5.74) is 2.21. The van der Waals surface area contributed by atoms with E-state index in [0.29, 0.717) is 35.9 Å². The number of hydrogen-bond acceptors (Lipinski definition) is 7. The van der Waals surface area contributed by atoms with Crippen LogP contribution in [-0.4, -0.2) is 77.5 Å². The highest BCUT2D eigenvalue weighted by atomic mass is 16.6. The number of nitrogens with zero attached hydrogens (tertiary/aromatic N) is 5. The van der Waals surface area contributed by atoms with Crippen molar-refractivity contribution in [3.8, 4) is 0 Å². The number of hydrogen-bond donors (Lipinski definition) is 1. The van der Waals surface area contributed by atoms with E-state index in [0.717, 1.165) is 18.7 Å². The van der Waals surface area contributed by atoms with Crippen LogP contribution in [0.25, 0.3) is 0 Å². The minimum atomic E-state index is -1.28. The molecule has 1 unspecified atom stereocenters. The number of ether oxygens (including phenoxy) is 1. The molecule has 2 atom stereocenters. The molecule has 10 nitrogen and oxygen atoms in total. The minimum Gasteiger partial charge on any atom is -0.444 e. The number of carbonyl (C=O) groups excluding carboxylic acids is 3. The van der Waals surface area contributed by atoms with E-state index in [1.165, 1.54) is 4.90 Å². The number of benzodiazepines with no additional fused rings is 1. The fourth-order valence-electron chi connectivity index (χ4n) is 5.03. The molecule has 44 heavy (non-hydrogen) atoms. The van der Waals surface area contributed by atoms with Gasteiger partial charge in [0.15, 0.2) is 0 Å². The number of fused-ring (bicyclic) bond motifs is 1. The Bertz CT molecular complexity index is 1470. The third-order valence-electron chi connectivity index (χ3n) is 7.25. The number of likely N-dealkylation sites (N-methyl/N-ethyl adjacent to an activating group) is 1. The summed E-state index contributed by atoms with van der Waals surface area (Å²) in [6.07, 6.45) is -0.342. The van der Waals surface area contributed by atoms with E-state index in [1.807, 2.05) is 48.5 Å². The number of amides is 3. The summed E-state index contributed by atoms with van der Waals surface area (Å²) in [7, 11) is 0. The Morgan fingerprint density at radius 2 is 1.64 bits per heavy atom. The van der Waals surface area contributed by atoms with E-state index < -0.39 is 29.8 Å². The van der Waals surface area contributed by atoms with Crippen LogP contribution in [0.3, 0.4) is 0 Å². The van der Waals surface area contributed by atoms with Gasteiger partial charge in [-0.25, -0.2) is 9.79 Å². The number of aliphatic imine (C=N–C) groups is 1. The summed E-state index contributed by atoms with van der Waals surface area (Å²) >= 11 is 0. The molecule has 0 aliphatic carbocycles. The molecule has 0 fully saturated rings. The second-order valence-electron chi connectivity index (χ2n) is 11.5. The fraction of sp³-hybridized carbons (Fsp3) is 0.382. The van der Waals surface area contributed by atoms with E-state index in [2.05, 4.69) is 29.0 Å². The Morgan fingerprint density at radius 3 is 2.27 bits per heavy atom. The molecule has 4 rings (SSSR count). The Kier molecular flexibility index (Phi) is 10.5. The molecule has 1 aromatic heterocycles. The Morgan fingerprint density at radius 1 is 0.977 bits per heavy atom. The lowest BCUT2D eigenvalue weighted by Crippen LogP contribution is -2.56. The van der Waals surface area contributed by atoms with Gasteiger partial charge in [-0.3, -0.25) is 19.5 Å². The zero-order valence-electron chi connectivity index (χ0n) is 26.4. The normalized spacial score (nSPS) is 15.6. The van der Waals surface area contributed by atoms with Crippen LogP contribution in [0.15, 0.2) is 84.0 Å². The monoisotopic (exact) mass is 598 g/mol. The predicted octanol–water partition coefficient (Wildman–Crippen LogP) is 4.88. The van der Waals surface area contributed by atoms with Crippen molar-refractivity contribution < 1.29 is 19.1 Å². The molecule has 2 heterocycles. The SMILES string of the molecule is CCN(CC)CCN1C(=O)C(N(C(=O)[C@H](C)NC(=O)OC(C)(C)C)c2ccccc2)N=C(c2ccccn2)c2ccccc21. The second-order valence-corrected chi connectivity index (χ2v) is 11.5. The fourth-order valence-corrected chi connectivity index (χ4v) is 5.03. The molecule has 0 saturated carbocycles. The Hall–Kier alpha value is -4.57. The number of anilines is 2. The van der Waals surface area contributed by atoms with Crippen molar-refractivity contribution in [1.29, 1.82) is 0 Å². The summed E-state index contributed by atoms with van der Waals surface area (Å²) in [5, 5.41) is 2.64. The van der Waals surface area contributed by atoms with Crippen LogP contribution in [0.5, 0.6) is 0 Å². The molecule has 0 radical (unpaired) electrons. The molecule has 1 aliphatic heterocycles. The number of rotatable bonds is 10. The first-order valence-electron chi connectivity index (χ1n) is 15.0. The van der Waals surface area contributed by atoms with Crippen molar-refractivity contribution >= 4 is 35.0 Å². The van der Waals surface area contributed by atoms with Gasteiger partial charge in [0.1, 0.15) is 11.6 Å². The van der Waals surface area contributed by atoms with Crippen molar-refractivity contribution in [1.82, 2.24) is 15.2 Å². The van der Waals surface area contributed by atoms with E-state index in [1.54, 1.807) is 63.1 Å². The van der Waals surface area contributed by atoms with Gasteiger partial charge in [0.2, 0.25) is 6.17 Å². The Labute approximate surface area is 259 Å². The third kappa shape index (κ3) is 7.68. The number of nitrogens with one attached hydrogen (secondary N) is 1. The van der Waals surface area contributed by atoms with Crippen LogP contribution in [0.2, 0.25) is 0 Å². The van der Waals surface area contributed by atoms with Gasteiger partial charge in [-0.2, -0.15) is 0 Å². The van der Waals surface area contributed by atoms with Crippen molar-refractivity contribution in [2.24, 2.45) is 4.99 Å². The highest BCUT2D eigenvalue weighted by Crippen LogP contribution is 2.31. The second kappa shape index (κ2) is 14.3. The van der Waals surface area contributed by atoms with Crippen LogP contribution >= 0.6 is 0 Å². The molecule has 0 bridgehead atoms. The highest BCUT2D eigenvalue weighted by Gasteiger charge is 2.40. The molecule has 2 aromatic carbocycles. The molecular formula is C34H42N6O4. The lowest BCUT2D eigenvalue weighted by Gasteiger charge is -2.34. The average molecular weight is 599 g/mol. The van der Waals surface area contributed by atoms with Gasteiger partial charge in [-0.15, -0.1) is 0 Å². The number of pyridine rings is 1. The number of alkyl carbamates (subject to hydrolysis) is 1. The van der Waals surface area contributed by atoms with Gasteiger partial charge in [-0.1, -0.05) is 56.3 Å². The lowest BCUT2D eigenvalue weighted by molar-refractivity contribution is -0.125. The van der Waals surface area contributed by atoms with Gasteiger partial charge in [0, 0.05) is 30.5 Å². The lowest BCUT2D eigenvalue weighted by atomic mass is 10.0. The maximum atomic E-state index is 14.7. The predicted molar refractivity (Wildman–Crippen MR) is 173 cm³/mol. The van der Waals surface area contributed by atoms with E-state index >= 15 is 0 Å². The largest absolute Gasteiger partial charge is 0.444 e. The van der Waals surface area contributed by atoms with Gasteiger partial charge in [0.05, 0.1) is 17.1 Å². The molecule has 3 aromatic rings. The summed E-state index contributed by atoms with van der Waals surface area (Å²) < 4.78 is 5.40. The third-order valence-corrected chi connectivity index (χ3v) is 7.25. The zero-order valence-corrected chi connectivity index (χ0v) is 26.4. The first-order chi connectivity index (χ1) is 21.0. The van der Waals surface area contributed by atoms with Gasteiger partial charge >= 0.3 is 6.09 Å². The van der Waals surface area contributed by atoms with Gasteiger partial charge < -0.3 is 19.9 Å². The van der Waals surface area contributed by atoms with Gasteiger partial charge in [-0.05, 0) is 71.1 Å². The summed E-state index contributed by atoms with van der Waals surface area (Å²) in [5.74, 6) is -0.878. The van der Waals surface area contributed by atoms with E-state index in [4.69, 9.17) is 9.73 Å². The van der Waals surface area contributed by atoms with Crippen LogP contribution < -0.4 is 15.1 Å². The summed E-state index contributed by atoms with van der Waals surface area (Å²) in [6.45, 7) is 13.7. The number of carbonyl (C=O) groups is 3. The molecular weight excluding hydrogens is 556 g/mol. The first kappa shape index (κ1) is 32.3. The Balaban J connectivity index is 1.86. The molecule has 3 amide bonds. The molecule has 1 aliphatic rings. The molecule has 1 N–H and O–H groups in total. The number of para-hydroxylation sites is 2. The molecule has 0 spiro atoms. The van der Waals surface area contributed by atoms with E-state index in [9.17, 15) is 14.4 Å². The van der Waals surface area contributed by atoms with Crippen molar-refractivity contribution in [3.63, 3.8) is 0 Å². The molecule has 10 heteroatoms. The van der Waals surface area contributed by atoms with Crippen LogP contribution in [0, 0.1) is 0 Å². The van der Waals surface area contributed by atoms with Crippen LogP contribution in [0.1, 0.15) is 52.8 Å². The molecule has 232 valence electrons. The van der Waals surface area contributed by atoms with Crippen LogP contribution in [-0.2, 0) is 14.3 Å². The standard InChI is InChI=1S/C34H42N6O4/c1-7-38(8-2)22-23-39-28-20-13-12-18-26(28)29(27-19-14-15-21-35-27)37-30(32(39)42)40(25-16-10-9-11-17-25)31(41)24(3)36-33(43)44-34(4,5)6/h9-21,24,30H,7-8,22-23H2,1-6H3,(H,36,43)/t24-,30?/m0/s1. The minimum absolute atomic E-state index is 0.364. The maximum Gasteiger partial charge on any atom is 0.408 e. The van der Waals surface area contributed by atoms with Crippen molar-refractivity contribution in [3.05, 3.63) is 90.3 Å². The van der Waals surface area contributed by atoms with Crippen molar-refractivity contribution in [2.45, 2.75) is 59.4 Å². The zero-order chi connectivity index (χ0) is 31.9. The first-order valence-corrected chi connectivity index (χ1v) is 15.0. The number of aromatic nitrogens is 1. The van der Waals surface area contributed by atoms with Crippen molar-refractivity contribution in [2.75, 3.05) is 36.0 Å². The van der Waals surface area contributed by atoms with Crippen LogP contribution in [0.4, 0.5) is 16.2 Å².